The Balaban J connectivity index is 2.37. The lowest BCUT2D eigenvalue weighted by atomic mass is 9.98. The van der Waals surface area contributed by atoms with E-state index in [1.165, 1.54) is 0 Å². The zero-order valence-electron chi connectivity index (χ0n) is 21.8. The van der Waals surface area contributed by atoms with Crippen molar-refractivity contribution in [1.29, 1.82) is 0 Å². The number of hydrogen-bond acceptors (Lipinski definition) is 4. The van der Waals surface area contributed by atoms with Gasteiger partial charge in [-0.25, -0.2) is 0 Å². The highest BCUT2D eigenvalue weighted by atomic mass is 28.4. The van der Waals surface area contributed by atoms with E-state index in [9.17, 15) is 5.11 Å². The van der Waals surface area contributed by atoms with Gasteiger partial charge in [0.1, 0.15) is 12.2 Å². The van der Waals surface area contributed by atoms with Gasteiger partial charge < -0.3 is 19.0 Å². The molecule has 0 amide bonds. The van der Waals surface area contributed by atoms with Crippen LogP contribution in [0.25, 0.3) is 0 Å². The normalized spacial score (nSPS) is 15.2. The molecule has 2 aromatic rings. The highest BCUT2D eigenvalue weighted by molar-refractivity contribution is 6.73. The molecule has 1 N–H and O–H groups in total. The van der Waals surface area contributed by atoms with Crippen molar-refractivity contribution in [1.82, 2.24) is 0 Å². The summed E-state index contributed by atoms with van der Waals surface area (Å²) in [5, 5.41) is 11.3. The minimum absolute atomic E-state index is 0.379. The monoisotopic (exact) mass is 496 g/mol. The predicted octanol–water partition coefficient (Wildman–Crippen LogP) is 7.06. The number of hydrogen-bond donors (Lipinski definition) is 1. The van der Waals surface area contributed by atoms with Crippen LogP contribution in [0.2, 0.25) is 18.1 Å². The van der Waals surface area contributed by atoms with Gasteiger partial charge in [0.25, 0.3) is 0 Å². The summed E-state index contributed by atoms with van der Waals surface area (Å²) in [6.07, 6.45) is 2.67. The molecule has 1 unspecified atom stereocenters. The lowest BCUT2D eigenvalue weighted by molar-refractivity contribution is -0.156. The molecule has 0 aliphatic rings. The molecule has 2 aromatic carbocycles. The molecule has 0 radical (unpaired) electrons. The highest BCUT2D eigenvalue weighted by Gasteiger charge is 2.40. The van der Waals surface area contributed by atoms with Crippen LogP contribution in [-0.2, 0) is 27.1 Å². The van der Waals surface area contributed by atoms with Crippen molar-refractivity contribution < 1.29 is 19.0 Å². The Morgan fingerprint density at radius 3 is 1.71 bits per heavy atom. The summed E-state index contributed by atoms with van der Waals surface area (Å²) >= 11 is 0. The van der Waals surface area contributed by atoms with Gasteiger partial charge in [0, 0.05) is 0 Å². The van der Waals surface area contributed by atoms with E-state index in [1.807, 2.05) is 72.8 Å². The van der Waals surface area contributed by atoms with E-state index >= 15 is 0 Å². The molecule has 0 spiro atoms. The summed E-state index contributed by atoms with van der Waals surface area (Å²) < 4.78 is 19.8. The Bertz CT molecular complexity index is 830. The van der Waals surface area contributed by atoms with Gasteiger partial charge in [0.2, 0.25) is 0 Å². The maximum atomic E-state index is 11.3. The molecule has 35 heavy (non-hydrogen) atoms. The van der Waals surface area contributed by atoms with Crippen LogP contribution in [0, 0.1) is 0 Å². The number of ether oxygens (including phenoxy) is 2. The van der Waals surface area contributed by atoms with Crippen molar-refractivity contribution in [3.8, 4) is 0 Å². The number of rotatable bonds is 18. The molecule has 0 aromatic heterocycles. The maximum absolute atomic E-state index is 11.3. The van der Waals surface area contributed by atoms with E-state index in [1.54, 1.807) is 0 Å². The van der Waals surface area contributed by atoms with Gasteiger partial charge in [-0.1, -0.05) is 93.6 Å². The summed E-state index contributed by atoms with van der Waals surface area (Å²) in [5.41, 5.74) is 2.11. The third kappa shape index (κ3) is 9.17. The van der Waals surface area contributed by atoms with E-state index in [0.717, 1.165) is 29.3 Å². The molecule has 0 saturated carbocycles. The average molecular weight is 497 g/mol. The van der Waals surface area contributed by atoms with Crippen LogP contribution in [0.15, 0.2) is 86.0 Å². The molecule has 2 rings (SSSR count). The van der Waals surface area contributed by atoms with Crippen LogP contribution in [0.5, 0.6) is 0 Å². The first-order valence-corrected chi connectivity index (χ1v) is 15.5. The SMILES string of the molecule is C=CCCC(O)[C@H](OCc1ccccc1)[C@@H](OCc1ccccc1)[C@@H](C=C)O[Si](CC)(CC)CC. The number of aliphatic hydroxyl groups excluding tert-OH is 1. The van der Waals surface area contributed by atoms with E-state index in [4.69, 9.17) is 13.9 Å². The maximum Gasteiger partial charge on any atom is 0.193 e. The number of aliphatic hydroxyl groups is 1. The Kier molecular flexibility index (Phi) is 13.2. The summed E-state index contributed by atoms with van der Waals surface area (Å²) in [6, 6.07) is 23.1. The van der Waals surface area contributed by atoms with E-state index in [-0.39, 0.29) is 6.10 Å². The Morgan fingerprint density at radius 2 is 1.29 bits per heavy atom. The van der Waals surface area contributed by atoms with E-state index in [0.29, 0.717) is 26.1 Å². The fraction of sp³-hybridized carbons (Fsp3) is 0.467. The first-order valence-electron chi connectivity index (χ1n) is 12.9. The Hall–Kier alpha value is -2.02. The van der Waals surface area contributed by atoms with Gasteiger partial charge in [-0.2, -0.15) is 0 Å². The molecule has 0 saturated heterocycles. The molecule has 4 atom stereocenters. The summed E-state index contributed by atoms with van der Waals surface area (Å²) in [6.45, 7) is 15.3. The summed E-state index contributed by atoms with van der Waals surface area (Å²) in [5.74, 6) is 0. The highest BCUT2D eigenvalue weighted by Crippen LogP contribution is 2.29. The van der Waals surface area contributed by atoms with Gasteiger partial charge in [-0.05, 0) is 42.1 Å². The third-order valence-electron chi connectivity index (χ3n) is 6.82. The van der Waals surface area contributed by atoms with Gasteiger partial charge in [0.05, 0.1) is 25.4 Å². The predicted molar refractivity (Wildman–Crippen MR) is 148 cm³/mol. The zero-order chi connectivity index (χ0) is 25.5. The smallest absolute Gasteiger partial charge is 0.193 e. The third-order valence-corrected chi connectivity index (χ3v) is 11.5. The molecule has 0 aliphatic carbocycles. The molecular weight excluding hydrogens is 452 g/mol. The minimum atomic E-state index is -1.97. The van der Waals surface area contributed by atoms with Gasteiger partial charge >= 0.3 is 0 Å². The molecule has 0 fully saturated rings. The average Bonchev–Trinajstić information content (AvgIpc) is 2.92. The van der Waals surface area contributed by atoms with Crippen molar-refractivity contribution in [3.05, 3.63) is 97.1 Å². The molecular formula is C30H44O4Si. The summed E-state index contributed by atoms with van der Waals surface area (Å²) in [4.78, 5) is 0. The number of allylic oxidation sites excluding steroid dienone is 1. The van der Waals surface area contributed by atoms with Crippen molar-refractivity contribution in [3.63, 3.8) is 0 Å². The van der Waals surface area contributed by atoms with Crippen molar-refractivity contribution in [2.45, 2.75) is 89.4 Å². The van der Waals surface area contributed by atoms with Gasteiger partial charge in [0.15, 0.2) is 8.32 Å². The molecule has 4 nitrogen and oxygen atoms in total. The fourth-order valence-electron chi connectivity index (χ4n) is 4.33. The quantitative estimate of drug-likeness (QED) is 0.177. The van der Waals surface area contributed by atoms with Crippen LogP contribution in [-0.4, -0.2) is 37.8 Å². The Labute approximate surface area is 213 Å². The second-order valence-corrected chi connectivity index (χ2v) is 13.7. The largest absolute Gasteiger partial charge is 0.408 e. The van der Waals surface area contributed by atoms with Gasteiger partial charge in [-0.3, -0.25) is 0 Å². The molecule has 0 aliphatic heterocycles. The summed E-state index contributed by atoms with van der Waals surface area (Å²) in [7, 11) is -1.97. The number of benzene rings is 2. The van der Waals surface area contributed by atoms with Crippen molar-refractivity contribution in [2.24, 2.45) is 0 Å². The molecule has 192 valence electrons. The van der Waals surface area contributed by atoms with Crippen molar-refractivity contribution >= 4 is 8.32 Å². The van der Waals surface area contributed by atoms with Crippen LogP contribution in [0.4, 0.5) is 0 Å². The van der Waals surface area contributed by atoms with E-state index in [2.05, 4.69) is 33.9 Å². The topological polar surface area (TPSA) is 47.9 Å². The van der Waals surface area contributed by atoms with Crippen LogP contribution >= 0.6 is 0 Å². The van der Waals surface area contributed by atoms with Crippen LogP contribution < -0.4 is 0 Å². The minimum Gasteiger partial charge on any atom is -0.408 e. The first kappa shape index (κ1) is 29.2. The second-order valence-electron chi connectivity index (χ2n) is 9.02. The molecule has 0 heterocycles. The second kappa shape index (κ2) is 15.9. The lowest BCUT2D eigenvalue weighted by Crippen LogP contribution is -2.52. The standard InChI is InChI=1S/C30H44O4Si/c1-6-11-22-27(31)29(32-23-25-18-14-12-15-19-25)30(33-24-26-20-16-13-17-21-26)28(7-2)34-35(8-3,9-4)10-5/h6-7,12-21,27-31H,1-2,8-11,22-24H2,3-5H3/t27?,28-,29+,30+/m1/s1. The Morgan fingerprint density at radius 1 is 0.800 bits per heavy atom. The lowest BCUT2D eigenvalue weighted by Gasteiger charge is -2.39. The van der Waals surface area contributed by atoms with Crippen molar-refractivity contribution in [2.75, 3.05) is 0 Å². The van der Waals surface area contributed by atoms with Crippen LogP contribution in [0.1, 0.15) is 44.7 Å². The van der Waals surface area contributed by atoms with E-state index < -0.39 is 26.6 Å². The molecule has 5 heteroatoms. The van der Waals surface area contributed by atoms with Crippen LogP contribution in [0.3, 0.4) is 0 Å². The van der Waals surface area contributed by atoms with Gasteiger partial charge in [-0.15, -0.1) is 13.2 Å². The molecule has 0 bridgehead atoms. The first-order chi connectivity index (χ1) is 17.0. The fourth-order valence-corrected chi connectivity index (χ4v) is 7.13. The zero-order valence-corrected chi connectivity index (χ0v) is 22.8.